The van der Waals surface area contributed by atoms with E-state index in [-0.39, 0.29) is 0 Å². The van der Waals surface area contributed by atoms with Crippen molar-refractivity contribution in [1.29, 1.82) is 0 Å². The van der Waals surface area contributed by atoms with Gasteiger partial charge in [0.25, 0.3) is 0 Å². The zero-order valence-corrected chi connectivity index (χ0v) is 9.68. The van der Waals surface area contributed by atoms with Crippen LogP contribution in [-0.2, 0) is 0 Å². The molecule has 2 rings (SSSR count). The average Bonchev–Trinajstić information content (AvgIpc) is 2.61. The molecule has 0 radical (unpaired) electrons. The van der Waals surface area contributed by atoms with Gasteiger partial charge in [0.1, 0.15) is 0 Å². The molecular weight excluding hydrogens is 286 g/mol. The van der Waals surface area contributed by atoms with Crippen molar-refractivity contribution in [1.82, 2.24) is 15.0 Å². The van der Waals surface area contributed by atoms with Gasteiger partial charge in [0, 0.05) is 0 Å². The summed E-state index contributed by atoms with van der Waals surface area (Å²) in [6.45, 7) is 0. The van der Waals surface area contributed by atoms with Gasteiger partial charge < -0.3 is 0 Å². The lowest BCUT2D eigenvalue weighted by Crippen LogP contribution is -2.08. The lowest BCUT2D eigenvalue weighted by Gasteiger charge is -2.05. The third kappa shape index (κ3) is 1.57. The van der Waals surface area contributed by atoms with E-state index in [2.05, 4.69) is 42.1 Å². The second-order valence-electron chi connectivity index (χ2n) is 3.04. The van der Waals surface area contributed by atoms with Gasteiger partial charge in [-0.2, -0.15) is 4.80 Å². The normalized spacial score (nSPS) is 18.8. The minimum atomic E-state index is 0.521. The summed E-state index contributed by atoms with van der Waals surface area (Å²) in [5, 5.41) is 8.54. The maximum absolute atomic E-state index is 4.27. The van der Waals surface area contributed by atoms with Gasteiger partial charge in [0.2, 0.25) is 0 Å². The topological polar surface area (TPSA) is 30.7 Å². The largest absolute Gasteiger partial charge is 0.180 e. The Labute approximate surface area is 87.8 Å². The molecule has 1 saturated carbocycles. The highest BCUT2D eigenvalue weighted by molar-refractivity contribution is 9.13. The highest BCUT2D eigenvalue weighted by Gasteiger charge is 2.19. The predicted octanol–water partition coefficient (Wildman–Crippen LogP) is 2.92. The Bertz CT molecular complexity index is 259. The SMILES string of the molecule is Brc1nn(C2CCCC2)nc1Br. The van der Waals surface area contributed by atoms with Crippen molar-refractivity contribution in [3.8, 4) is 0 Å². The third-order valence-electron chi connectivity index (χ3n) is 2.20. The van der Waals surface area contributed by atoms with Gasteiger partial charge in [-0.1, -0.05) is 12.8 Å². The zero-order valence-electron chi connectivity index (χ0n) is 6.50. The van der Waals surface area contributed by atoms with E-state index in [9.17, 15) is 0 Å². The van der Waals surface area contributed by atoms with Crippen LogP contribution in [0, 0.1) is 0 Å². The highest BCUT2D eigenvalue weighted by Crippen LogP contribution is 2.29. The Kier molecular flexibility index (Phi) is 2.50. The number of hydrogen-bond donors (Lipinski definition) is 0. The monoisotopic (exact) mass is 293 g/mol. The van der Waals surface area contributed by atoms with Crippen molar-refractivity contribution in [2.75, 3.05) is 0 Å². The van der Waals surface area contributed by atoms with E-state index in [1.54, 1.807) is 0 Å². The van der Waals surface area contributed by atoms with Crippen LogP contribution in [0.4, 0.5) is 0 Å². The Morgan fingerprint density at radius 3 is 2.08 bits per heavy atom. The van der Waals surface area contributed by atoms with Crippen LogP contribution < -0.4 is 0 Å². The molecule has 0 amide bonds. The van der Waals surface area contributed by atoms with Gasteiger partial charge in [-0.05, 0) is 44.7 Å². The van der Waals surface area contributed by atoms with E-state index in [1.165, 1.54) is 25.7 Å². The molecule has 0 atom stereocenters. The minimum absolute atomic E-state index is 0.521. The predicted molar refractivity (Wildman–Crippen MR) is 52.9 cm³/mol. The van der Waals surface area contributed by atoms with Crippen molar-refractivity contribution < 1.29 is 0 Å². The summed E-state index contributed by atoms with van der Waals surface area (Å²) in [7, 11) is 0. The molecule has 0 unspecified atom stereocenters. The van der Waals surface area contributed by atoms with E-state index in [1.807, 2.05) is 4.80 Å². The standard InChI is InChI=1S/C7H9Br2N3/c8-6-7(9)11-12(10-6)5-3-1-2-4-5/h5H,1-4H2. The molecule has 5 heteroatoms. The van der Waals surface area contributed by atoms with E-state index in [4.69, 9.17) is 0 Å². The van der Waals surface area contributed by atoms with Crippen LogP contribution in [-0.4, -0.2) is 15.0 Å². The molecule has 1 aliphatic carbocycles. The molecule has 0 N–H and O–H groups in total. The molecule has 1 aliphatic rings. The first kappa shape index (κ1) is 8.69. The molecule has 0 bridgehead atoms. The maximum atomic E-state index is 4.27. The minimum Gasteiger partial charge on any atom is -0.180 e. The fourth-order valence-corrected chi connectivity index (χ4v) is 2.07. The van der Waals surface area contributed by atoms with Crippen LogP contribution in [0.1, 0.15) is 31.7 Å². The summed E-state index contributed by atoms with van der Waals surface area (Å²) in [5.41, 5.74) is 0. The van der Waals surface area contributed by atoms with Crippen molar-refractivity contribution in [2.45, 2.75) is 31.7 Å². The van der Waals surface area contributed by atoms with Gasteiger partial charge in [-0.3, -0.25) is 0 Å². The molecular formula is C7H9Br2N3. The van der Waals surface area contributed by atoms with E-state index in [0.29, 0.717) is 6.04 Å². The van der Waals surface area contributed by atoms with Crippen LogP contribution in [0.2, 0.25) is 0 Å². The molecule has 0 aliphatic heterocycles. The number of rotatable bonds is 1. The fourth-order valence-electron chi connectivity index (χ4n) is 1.58. The molecule has 1 aromatic heterocycles. The molecule has 66 valence electrons. The maximum Gasteiger partial charge on any atom is 0.162 e. The van der Waals surface area contributed by atoms with Crippen LogP contribution in [0.25, 0.3) is 0 Å². The number of hydrogen-bond acceptors (Lipinski definition) is 2. The third-order valence-corrected chi connectivity index (χ3v) is 3.80. The van der Waals surface area contributed by atoms with Crippen molar-refractivity contribution >= 4 is 31.9 Å². The van der Waals surface area contributed by atoms with Crippen LogP contribution >= 0.6 is 31.9 Å². The number of nitrogens with zero attached hydrogens (tertiary/aromatic N) is 3. The van der Waals surface area contributed by atoms with Crippen LogP contribution in [0.15, 0.2) is 9.21 Å². The quantitative estimate of drug-likeness (QED) is 0.797. The molecule has 0 spiro atoms. The smallest absolute Gasteiger partial charge is 0.162 e. The molecule has 1 aromatic rings. The highest BCUT2D eigenvalue weighted by atomic mass is 79.9. The Morgan fingerprint density at radius 2 is 1.58 bits per heavy atom. The molecule has 1 heterocycles. The Balaban J connectivity index is 2.21. The molecule has 0 aromatic carbocycles. The summed E-state index contributed by atoms with van der Waals surface area (Å²) in [5.74, 6) is 0. The first-order chi connectivity index (χ1) is 5.77. The van der Waals surface area contributed by atoms with E-state index in [0.717, 1.165) is 9.21 Å². The van der Waals surface area contributed by atoms with Crippen molar-refractivity contribution in [3.05, 3.63) is 9.21 Å². The molecule has 1 fully saturated rings. The first-order valence-corrected chi connectivity index (χ1v) is 5.64. The van der Waals surface area contributed by atoms with E-state index >= 15 is 0 Å². The van der Waals surface area contributed by atoms with Crippen LogP contribution in [0.5, 0.6) is 0 Å². The Morgan fingerprint density at radius 1 is 1.08 bits per heavy atom. The number of aromatic nitrogens is 3. The first-order valence-electron chi connectivity index (χ1n) is 4.05. The average molecular weight is 295 g/mol. The van der Waals surface area contributed by atoms with Crippen molar-refractivity contribution in [2.24, 2.45) is 0 Å². The fraction of sp³-hybridized carbons (Fsp3) is 0.714. The summed E-state index contributed by atoms with van der Waals surface area (Å²) < 4.78 is 1.60. The van der Waals surface area contributed by atoms with Gasteiger partial charge >= 0.3 is 0 Å². The lowest BCUT2D eigenvalue weighted by atomic mass is 10.3. The Hall–Kier alpha value is 0.1000. The molecule has 12 heavy (non-hydrogen) atoms. The molecule has 0 saturated heterocycles. The summed E-state index contributed by atoms with van der Waals surface area (Å²) in [6.07, 6.45) is 5.05. The zero-order chi connectivity index (χ0) is 8.55. The van der Waals surface area contributed by atoms with Crippen molar-refractivity contribution in [3.63, 3.8) is 0 Å². The summed E-state index contributed by atoms with van der Waals surface area (Å²) in [4.78, 5) is 1.82. The summed E-state index contributed by atoms with van der Waals surface area (Å²) in [6, 6.07) is 0.521. The summed E-state index contributed by atoms with van der Waals surface area (Å²) >= 11 is 6.64. The second kappa shape index (κ2) is 3.46. The van der Waals surface area contributed by atoms with Gasteiger partial charge in [0.05, 0.1) is 6.04 Å². The lowest BCUT2D eigenvalue weighted by molar-refractivity contribution is 0.411. The number of halogens is 2. The van der Waals surface area contributed by atoms with Gasteiger partial charge in [-0.25, -0.2) is 0 Å². The second-order valence-corrected chi connectivity index (χ2v) is 4.54. The van der Waals surface area contributed by atoms with Gasteiger partial charge in [-0.15, -0.1) is 10.2 Å². The van der Waals surface area contributed by atoms with Gasteiger partial charge in [0.15, 0.2) is 9.21 Å². The van der Waals surface area contributed by atoms with E-state index < -0.39 is 0 Å². The molecule has 3 nitrogen and oxygen atoms in total. The van der Waals surface area contributed by atoms with Crippen LogP contribution in [0.3, 0.4) is 0 Å².